The Morgan fingerprint density at radius 2 is 1.38 bits per heavy atom. The van der Waals surface area contributed by atoms with Crippen LogP contribution in [0.5, 0.6) is 0 Å². The predicted molar refractivity (Wildman–Crippen MR) is 76.1 cm³/mol. The molecule has 0 aromatic carbocycles. The fourth-order valence-corrected chi connectivity index (χ4v) is 1.38. The van der Waals surface area contributed by atoms with Crippen molar-refractivity contribution in [3.63, 3.8) is 0 Å². The number of rotatable bonds is 6. The van der Waals surface area contributed by atoms with Crippen LogP contribution in [0.15, 0.2) is 0 Å². The molecule has 0 aliphatic heterocycles. The second-order valence-electron chi connectivity index (χ2n) is 5.08. The summed E-state index contributed by atoms with van der Waals surface area (Å²) in [5.41, 5.74) is 0. The summed E-state index contributed by atoms with van der Waals surface area (Å²) in [6.07, 6.45) is 1.25. The molecule has 100 valence electrons. The Morgan fingerprint density at radius 1 is 0.875 bits per heavy atom. The van der Waals surface area contributed by atoms with Gasteiger partial charge in [-0.05, 0) is 46.4 Å². The molecule has 0 bridgehead atoms. The lowest BCUT2D eigenvalue weighted by atomic mass is 10.2. The minimum absolute atomic E-state index is 0.750. The van der Waals surface area contributed by atoms with Gasteiger partial charge in [-0.25, -0.2) is 0 Å². The molecule has 0 aliphatic carbocycles. The predicted octanol–water partition coefficient (Wildman–Crippen LogP) is 3.33. The maximum Gasteiger partial charge on any atom is 0.00611 e. The topological polar surface area (TPSA) is 6.48 Å². The Bertz CT molecular complexity index is 127. The van der Waals surface area contributed by atoms with Crippen molar-refractivity contribution in [2.45, 2.75) is 54.0 Å². The summed E-state index contributed by atoms with van der Waals surface area (Å²) in [6.45, 7) is 16.9. The third-order valence-electron chi connectivity index (χ3n) is 3.06. The first-order chi connectivity index (χ1) is 7.38. The van der Waals surface area contributed by atoms with Crippen LogP contribution < -0.4 is 0 Å². The normalized spacial score (nSPS) is 12.9. The van der Waals surface area contributed by atoms with Gasteiger partial charge >= 0.3 is 0 Å². The zero-order valence-electron chi connectivity index (χ0n) is 12.9. The monoisotopic (exact) mass is 230 g/mol. The summed E-state index contributed by atoms with van der Waals surface area (Å²) in [5.74, 6) is 0.806. The minimum Gasteiger partial charge on any atom is -0.306 e. The number of hydrogen-bond acceptors (Lipinski definition) is 2. The molecule has 0 rings (SSSR count). The van der Waals surface area contributed by atoms with E-state index in [1.165, 1.54) is 13.0 Å². The SMILES string of the molecule is CCC(C)N(C)CC.CCN(C)CC(C)C. The van der Waals surface area contributed by atoms with Crippen molar-refractivity contribution in [2.24, 2.45) is 5.92 Å². The molecule has 2 nitrogen and oxygen atoms in total. The van der Waals surface area contributed by atoms with E-state index in [1.807, 2.05) is 0 Å². The lowest BCUT2D eigenvalue weighted by Gasteiger charge is -2.20. The molecular weight excluding hydrogens is 196 g/mol. The van der Waals surface area contributed by atoms with Crippen LogP contribution in [0.3, 0.4) is 0 Å². The van der Waals surface area contributed by atoms with E-state index in [9.17, 15) is 0 Å². The summed E-state index contributed by atoms with van der Waals surface area (Å²) < 4.78 is 0. The van der Waals surface area contributed by atoms with Crippen LogP contribution in [0.1, 0.15) is 48.0 Å². The number of nitrogens with zero attached hydrogens (tertiary/aromatic N) is 2. The summed E-state index contributed by atoms with van der Waals surface area (Å²) in [5, 5.41) is 0. The fourth-order valence-electron chi connectivity index (χ4n) is 1.38. The van der Waals surface area contributed by atoms with Gasteiger partial charge in [0.25, 0.3) is 0 Å². The first-order valence-corrected chi connectivity index (χ1v) is 6.77. The Kier molecular flexibility index (Phi) is 13.0. The molecule has 1 unspecified atom stereocenters. The highest BCUT2D eigenvalue weighted by Gasteiger charge is 2.01. The molecule has 0 spiro atoms. The molecule has 0 saturated carbocycles. The maximum absolute atomic E-state index is 2.35. The van der Waals surface area contributed by atoms with Crippen molar-refractivity contribution < 1.29 is 0 Å². The fraction of sp³-hybridized carbons (Fsp3) is 1.00. The Hall–Kier alpha value is -0.0800. The number of hydrogen-bond donors (Lipinski definition) is 0. The average Bonchev–Trinajstić information content (AvgIpc) is 2.26. The van der Waals surface area contributed by atoms with Gasteiger partial charge in [-0.2, -0.15) is 0 Å². The molecule has 0 aromatic rings. The zero-order chi connectivity index (χ0) is 13.1. The molecule has 0 aliphatic rings. The van der Waals surface area contributed by atoms with E-state index < -0.39 is 0 Å². The van der Waals surface area contributed by atoms with Crippen LogP contribution in [-0.4, -0.2) is 49.6 Å². The molecule has 0 fully saturated rings. The highest BCUT2D eigenvalue weighted by molar-refractivity contribution is 4.57. The molecular formula is C14H34N2. The summed E-state index contributed by atoms with van der Waals surface area (Å²) in [6, 6.07) is 0.750. The van der Waals surface area contributed by atoms with Gasteiger partial charge in [-0.3, -0.25) is 0 Å². The van der Waals surface area contributed by atoms with E-state index in [1.54, 1.807) is 0 Å². The van der Waals surface area contributed by atoms with Crippen LogP contribution in [-0.2, 0) is 0 Å². The second-order valence-corrected chi connectivity index (χ2v) is 5.08. The molecule has 0 aromatic heterocycles. The van der Waals surface area contributed by atoms with Gasteiger partial charge in [-0.15, -0.1) is 0 Å². The Balaban J connectivity index is 0. The molecule has 0 radical (unpaired) electrons. The second kappa shape index (κ2) is 11.4. The maximum atomic E-state index is 2.35. The van der Waals surface area contributed by atoms with Crippen LogP contribution in [0.25, 0.3) is 0 Å². The van der Waals surface area contributed by atoms with E-state index in [4.69, 9.17) is 0 Å². The van der Waals surface area contributed by atoms with Gasteiger partial charge in [-0.1, -0.05) is 34.6 Å². The van der Waals surface area contributed by atoms with Crippen LogP contribution in [0.2, 0.25) is 0 Å². The van der Waals surface area contributed by atoms with E-state index >= 15 is 0 Å². The standard InChI is InChI=1S/2C7H17N/c1-5-8(4)6-7(2)3;1-5-7(3)8(4)6-2/h2*7H,5-6H2,1-4H3. The first-order valence-electron chi connectivity index (χ1n) is 6.77. The molecule has 16 heavy (non-hydrogen) atoms. The van der Waals surface area contributed by atoms with Gasteiger partial charge < -0.3 is 9.80 Å². The highest BCUT2D eigenvalue weighted by Crippen LogP contribution is 1.97. The van der Waals surface area contributed by atoms with Crippen molar-refractivity contribution >= 4 is 0 Å². The van der Waals surface area contributed by atoms with Crippen molar-refractivity contribution in [3.05, 3.63) is 0 Å². The largest absolute Gasteiger partial charge is 0.306 e. The summed E-state index contributed by atoms with van der Waals surface area (Å²) >= 11 is 0. The molecule has 0 saturated heterocycles. The van der Waals surface area contributed by atoms with E-state index in [0.717, 1.165) is 25.0 Å². The van der Waals surface area contributed by atoms with Gasteiger partial charge in [0.2, 0.25) is 0 Å². The quantitative estimate of drug-likeness (QED) is 0.690. The van der Waals surface area contributed by atoms with Crippen molar-refractivity contribution in [3.8, 4) is 0 Å². The average molecular weight is 230 g/mol. The van der Waals surface area contributed by atoms with Crippen molar-refractivity contribution in [1.29, 1.82) is 0 Å². The first kappa shape index (κ1) is 18.3. The summed E-state index contributed by atoms with van der Waals surface area (Å²) in [7, 11) is 4.31. The third kappa shape index (κ3) is 12.0. The highest BCUT2D eigenvalue weighted by atomic mass is 15.1. The van der Waals surface area contributed by atoms with E-state index in [0.29, 0.717) is 0 Å². The third-order valence-corrected chi connectivity index (χ3v) is 3.06. The van der Waals surface area contributed by atoms with Gasteiger partial charge in [0.1, 0.15) is 0 Å². The van der Waals surface area contributed by atoms with Crippen LogP contribution >= 0.6 is 0 Å². The molecule has 0 N–H and O–H groups in total. The lowest BCUT2D eigenvalue weighted by molar-refractivity contribution is 0.265. The molecule has 2 heteroatoms. The Morgan fingerprint density at radius 3 is 1.50 bits per heavy atom. The zero-order valence-corrected chi connectivity index (χ0v) is 12.9. The van der Waals surface area contributed by atoms with E-state index in [-0.39, 0.29) is 0 Å². The van der Waals surface area contributed by atoms with E-state index in [2.05, 4.69) is 65.4 Å². The molecule has 1 atom stereocenters. The van der Waals surface area contributed by atoms with Crippen LogP contribution in [0.4, 0.5) is 0 Å². The molecule has 0 heterocycles. The van der Waals surface area contributed by atoms with Crippen molar-refractivity contribution in [2.75, 3.05) is 33.7 Å². The van der Waals surface area contributed by atoms with Gasteiger partial charge in [0.05, 0.1) is 0 Å². The van der Waals surface area contributed by atoms with Gasteiger partial charge in [0.15, 0.2) is 0 Å². The Labute approximate surface area is 104 Å². The van der Waals surface area contributed by atoms with Crippen molar-refractivity contribution in [1.82, 2.24) is 9.80 Å². The summed E-state index contributed by atoms with van der Waals surface area (Å²) in [4.78, 5) is 4.67. The van der Waals surface area contributed by atoms with Gasteiger partial charge in [0, 0.05) is 12.6 Å². The smallest absolute Gasteiger partial charge is 0.00611 e. The van der Waals surface area contributed by atoms with Crippen LogP contribution in [0, 0.1) is 5.92 Å². The lowest BCUT2D eigenvalue weighted by Crippen LogP contribution is -2.27. The molecule has 0 amide bonds. The minimum atomic E-state index is 0.750.